The van der Waals surface area contributed by atoms with Crippen molar-refractivity contribution < 1.29 is 4.79 Å². The standard InChI is InChI=1S/C12H16N2OS/c1-12(2)9-14(6-7-16-12)11-10(8-15)4-3-5-13-11/h3-5,8H,6-7,9H2,1-2H3. The lowest BCUT2D eigenvalue weighted by Crippen LogP contribution is -2.43. The summed E-state index contributed by atoms with van der Waals surface area (Å²) in [6.45, 7) is 6.36. The Bertz CT molecular complexity index is 392. The fourth-order valence-electron chi connectivity index (χ4n) is 1.96. The smallest absolute Gasteiger partial charge is 0.153 e. The summed E-state index contributed by atoms with van der Waals surface area (Å²) in [7, 11) is 0. The Hall–Kier alpha value is -1.03. The molecule has 1 aromatic rings. The third kappa shape index (κ3) is 2.38. The maximum absolute atomic E-state index is 11.0. The van der Waals surface area contributed by atoms with Crippen LogP contribution < -0.4 is 4.90 Å². The highest BCUT2D eigenvalue weighted by Crippen LogP contribution is 2.32. The van der Waals surface area contributed by atoms with E-state index in [4.69, 9.17) is 0 Å². The van der Waals surface area contributed by atoms with Gasteiger partial charge in [0.1, 0.15) is 5.82 Å². The van der Waals surface area contributed by atoms with Gasteiger partial charge in [0.25, 0.3) is 0 Å². The van der Waals surface area contributed by atoms with Gasteiger partial charge in [-0.1, -0.05) is 0 Å². The van der Waals surface area contributed by atoms with E-state index in [2.05, 4.69) is 23.7 Å². The molecule has 2 rings (SSSR count). The number of aromatic nitrogens is 1. The Balaban J connectivity index is 2.26. The summed E-state index contributed by atoms with van der Waals surface area (Å²) in [5, 5.41) is 0. The molecular formula is C12H16N2OS. The Kier molecular flexibility index (Phi) is 3.19. The quantitative estimate of drug-likeness (QED) is 0.737. The molecular weight excluding hydrogens is 220 g/mol. The number of thioether (sulfide) groups is 1. The van der Waals surface area contributed by atoms with Crippen LogP contribution in [-0.2, 0) is 0 Å². The second-order valence-corrected chi connectivity index (χ2v) is 6.37. The maximum Gasteiger partial charge on any atom is 0.153 e. The van der Waals surface area contributed by atoms with Crippen LogP contribution in [0.3, 0.4) is 0 Å². The Morgan fingerprint density at radius 2 is 2.38 bits per heavy atom. The Morgan fingerprint density at radius 1 is 1.56 bits per heavy atom. The van der Waals surface area contributed by atoms with Crippen LogP contribution in [0.25, 0.3) is 0 Å². The summed E-state index contributed by atoms with van der Waals surface area (Å²) in [5.74, 6) is 1.91. The highest BCUT2D eigenvalue weighted by Gasteiger charge is 2.28. The fourth-order valence-corrected chi connectivity index (χ4v) is 3.07. The van der Waals surface area contributed by atoms with Crippen LogP contribution in [-0.4, -0.2) is 34.9 Å². The van der Waals surface area contributed by atoms with Crippen molar-refractivity contribution in [1.29, 1.82) is 0 Å². The number of pyridine rings is 1. The molecule has 1 aliphatic rings. The molecule has 2 heterocycles. The number of nitrogens with zero attached hydrogens (tertiary/aromatic N) is 2. The molecule has 1 aromatic heterocycles. The first-order valence-corrected chi connectivity index (χ1v) is 6.40. The van der Waals surface area contributed by atoms with Crippen LogP contribution in [0.2, 0.25) is 0 Å². The zero-order chi connectivity index (χ0) is 11.6. The predicted octanol–water partition coefficient (Wildman–Crippen LogP) is 2.23. The monoisotopic (exact) mass is 236 g/mol. The van der Waals surface area contributed by atoms with Crippen molar-refractivity contribution in [3.05, 3.63) is 23.9 Å². The summed E-state index contributed by atoms with van der Waals surface area (Å²) in [6.07, 6.45) is 2.63. The minimum Gasteiger partial charge on any atom is -0.354 e. The molecule has 4 heteroatoms. The largest absolute Gasteiger partial charge is 0.354 e. The van der Waals surface area contributed by atoms with E-state index >= 15 is 0 Å². The van der Waals surface area contributed by atoms with E-state index in [1.165, 1.54) is 0 Å². The van der Waals surface area contributed by atoms with Gasteiger partial charge in [0.15, 0.2) is 6.29 Å². The van der Waals surface area contributed by atoms with Gasteiger partial charge in [-0.25, -0.2) is 4.98 Å². The Labute approximate surface area is 100 Å². The van der Waals surface area contributed by atoms with Gasteiger partial charge >= 0.3 is 0 Å². The van der Waals surface area contributed by atoms with Crippen molar-refractivity contribution in [1.82, 2.24) is 4.98 Å². The third-order valence-electron chi connectivity index (χ3n) is 2.67. The van der Waals surface area contributed by atoms with E-state index in [0.717, 1.165) is 30.9 Å². The lowest BCUT2D eigenvalue weighted by Gasteiger charge is -2.38. The van der Waals surface area contributed by atoms with E-state index in [9.17, 15) is 4.79 Å². The van der Waals surface area contributed by atoms with Crippen LogP contribution in [0, 0.1) is 0 Å². The van der Waals surface area contributed by atoms with E-state index < -0.39 is 0 Å². The topological polar surface area (TPSA) is 33.2 Å². The minimum absolute atomic E-state index is 0.232. The average Bonchev–Trinajstić information content (AvgIpc) is 2.27. The lowest BCUT2D eigenvalue weighted by atomic mass is 10.1. The van der Waals surface area contributed by atoms with Crippen molar-refractivity contribution in [2.75, 3.05) is 23.7 Å². The molecule has 3 nitrogen and oxygen atoms in total. The molecule has 0 atom stereocenters. The van der Waals surface area contributed by atoms with Crippen molar-refractivity contribution in [3.8, 4) is 0 Å². The lowest BCUT2D eigenvalue weighted by molar-refractivity contribution is 0.112. The van der Waals surface area contributed by atoms with E-state index in [0.29, 0.717) is 5.56 Å². The average molecular weight is 236 g/mol. The summed E-state index contributed by atoms with van der Waals surface area (Å²) >= 11 is 1.97. The summed E-state index contributed by atoms with van der Waals surface area (Å²) in [5.41, 5.74) is 0.685. The molecule has 0 aliphatic carbocycles. The zero-order valence-corrected chi connectivity index (χ0v) is 10.5. The van der Waals surface area contributed by atoms with Crippen molar-refractivity contribution in [2.45, 2.75) is 18.6 Å². The summed E-state index contributed by atoms with van der Waals surface area (Å²) < 4.78 is 0.232. The van der Waals surface area contributed by atoms with E-state index in [-0.39, 0.29) is 4.75 Å². The van der Waals surface area contributed by atoms with Crippen LogP contribution in [0.4, 0.5) is 5.82 Å². The number of rotatable bonds is 2. The van der Waals surface area contributed by atoms with Crippen molar-refractivity contribution in [3.63, 3.8) is 0 Å². The van der Waals surface area contributed by atoms with Gasteiger partial charge in [0, 0.05) is 29.8 Å². The van der Waals surface area contributed by atoms with Gasteiger partial charge in [-0.3, -0.25) is 4.79 Å². The maximum atomic E-state index is 11.0. The second-order valence-electron chi connectivity index (χ2n) is 4.56. The molecule has 0 aromatic carbocycles. The number of anilines is 1. The summed E-state index contributed by atoms with van der Waals surface area (Å²) in [6, 6.07) is 3.63. The fraction of sp³-hybridized carbons (Fsp3) is 0.500. The number of carbonyl (C=O) groups is 1. The van der Waals surface area contributed by atoms with Crippen molar-refractivity contribution in [2.24, 2.45) is 0 Å². The molecule has 1 aliphatic heterocycles. The van der Waals surface area contributed by atoms with Gasteiger partial charge in [0.05, 0.1) is 5.56 Å². The molecule has 0 radical (unpaired) electrons. The molecule has 86 valence electrons. The molecule has 0 saturated carbocycles. The van der Waals surface area contributed by atoms with Gasteiger partial charge < -0.3 is 4.90 Å². The van der Waals surface area contributed by atoms with Gasteiger partial charge in [-0.15, -0.1) is 0 Å². The number of carbonyl (C=O) groups excluding carboxylic acids is 1. The normalized spacial score (nSPS) is 19.5. The Morgan fingerprint density at radius 3 is 3.06 bits per heavy atom. The molecule has 16 heavy (non-hydrogen) atoms. The molecule has 0 spiro atoms. The number of hydrogen-bond donors (Lipinski definition) is 0. The van der Waals surface area contributed by atoms with Crippen molar-refractivity contribution >= 4 is 23.9 Å². The van der Waals surface area contributed by atoms with E-state index in [1.807, 2.05) is 17.8 Å². The second kappa shape index (κ2) is 4.45. The zero-order valence-electron chi connectivity index (χ0n) is 9.64. The first-order valence-electron chi connectivity index (χ1n) is 5.41. The first-order chi connectivity index (χ1) is 7.62. The first kappa shape index (κ1) is 11.5. The molecule has 0 N–H and O–H groups in total. The molecule has 1 saturated heterocycles. The minimum atomic E-state index is 0.232. The number of hydrogen-bond acceptors (Lipinski definition) is 4. The van der Waals surface area contributed by atoms with Crippen LogP contribution in [0.1, 0.15) is 24.2 Å². The highest BCUT2D eigenvalue weighted by atomic mass is 32.2. The SMILES string of the molecule is CC1(C)CN(c2ncccc2C=O)CCS1. The molecule has 0 bridgehead atoms. The predicted molar refractivity (Wildman–Crippen MR) is 68.4 cm³/mol. The highest BCUT2D eigenvalue weighted by molar-refractivity contribution is 8.00. The van der Waals surface area contributed by atoms with Crippen LogP contribution >= 0.6 is 11.8 Å². The third-order valence-corrected chi connectivity index (χ3v) is 3.97. The molecule has 1 fully saturated rings. The molecule has 0 amide bonds. The number of aldehydes is 1. The molecule has 0 unspecified atom stereocenters. The van der Waals surface area contributed by atoms with Crippen LogP contribution in [0.15, 0.2) is 18.3 Å². The van der Waals surface area contributed by atoms with Gasteiger partial charge in [-0.05, 0) is 26.0 Å². The summed E-state index contributed by atoms with van der Waals surface area (Å²) in [4.78, 5) is 17.5. The van der Waals surface area contributed by atoms with Crippen LogP contribution in [0.5, 0.6) is 0 Å². The van der Waals surface area contributed by atoms with Gasteiger partial charge in [-0.2, -0.15) is 11.8 Å². The van der Waals surface area contributed by atoms with Gasteiger partial charge in [0.2, 0.25) is 0 Å². The van der Waals surface area contributed by atoms with E-state index in [1.54, 1.807) is 12.3 Å².